The lowest BCUT2D eigenvalue weighted by atomic mass is 9.99. The summed E-state index contributed by atoms with van der Waals surface area (Å²) in [6.45, 7) is 1.86. The molecular weight excluding hydrogens is 416 g/mol. The fraction of sp³-hybridized carbons (Fsp3) is 0.240. The zero-order valence-corrected chi connectivity index (χ0v) is 18.7. The fourth-order valence-electron chi connectivity index (χ4n) is 4.06. The number of fused-ring (bicyclic) bond motifs is 2. The van der Waals surface area contributed by atoms with Crippen molar-refractivity contribution < 1.29 is 9.84 Å². The summed E-state index contributed by atoms with van der Waals surface area (Å²) in [4.78, 5) is 15.9. The SMILES string of the molecule is COc1cc2c(cc1Nc1ncc3ccc(Nc4cccc(CO)n4)cc3n1)CN(C)CC2. The van der Waals surface area contributed by atoms with Crippen molar-refractivity contribution >= 4 is 34.0 Å². The second kappa shape index (κ2) is 9.01. The van der Waals surface area contributed by atoms with Crippen LogP contribution in [0.3, 0.4) is 0 Å². The molecule has 0 radical (unpaired) electrons. The van der Waals surface area contributed by atoms with E-state index in [9.17, 15) is 5.11 Å². The zero-order chi connectivity index (χ0) is 22.8. The number of hydrogen-bond donors (Lipinski definition) is 3. The minimum atomic E-state index is -0.0993. The van der Waals surface area contributed by atoms with Crippen LogP contribution in [0.2, 0.25) is 0 Å². The Kier molecular flexibility index (Phi) is 5.77. The number of rotatable bonds is 6. The van der Waals surface area contributed by atoms with E-state index < -0.39 is 0 Å². The standard InChI is InChI=1S/C25H26N6O2/c1-31-9-8-16-11-23(33-2)22(10-18(16)14-31)30-25-26-13-17-6-7-19(12-21(17)29-25)27-24-5-3-4-20(15-32)28-24/h3-7,10-13,32H,8-9,14-15H2,1-2H3,(H,27,28)(H,26,29,30). The Hall–Kier alpha value is -3.75. The summed E-state index contributed by atoms with van der Waals surface area (Å²) in [6.07, 6.45) is 2.82. The minimum absolute atomic E-state index is 0.0993. The number of hydrogen-bond acceptors (Lipinski definition) is 8. The van der Waals surface area contributed by atoms with Crippen molar-refractivity contribution in [1.82, 2.24) is 19.9 Å². The average Bonchev–Trinajstić information content (AvgIpc) is 2.83. The Labute approximate surface area is 192 Å². The van der Waals surface area contributed by atoms with Gasteiger partial charge in [0.15, 0.2) is 0 Å². The quantitative estimate of drug-likeness (QED) is 0.412. The van der Waals surface area contributed by atoms with E-state index in [1.165, 1.54) is 11.1 Å². The van der Waals surface area contributed by atoms with Crippen molar-refractivity contribution in [2.24, 2.45) is 0 Å². The third-order valence-electron chi connectivity index (χ3n) is 5.80. The predicted molar refractivity (Wildman–Crippen MR) is 129 cm³/mol. The summed E-state index contributed by atoms with van der Waals surface area (Å²) < 4.78 is 5.64. The summed E-state index contributed by atoms with van der Waals surface area (Å²) in [7, 11) is 3.81. The van der Waals surface area contributed by atoms with Gasteiger partial charge in [-0.2, -0.15) is 0 Å². The molecule has 0 spiro atoms. The summed E-state index contributed by atoms with van der Waals surface area (Å²) in [5, 5.41) is 16.9. The van der Waals surface area contributed by atoms with Gasteiger partial charge in [0.05, 0.1) is 30.6 Å². The highest BCUT2D eigenvalue weighted by molar-refractivity contribution is 5.83. The van der Waals surface area contributed by atoms with Crippen molar-refractivity contribution in [3.05, 3.63) is 71.5 Å². The van der Waals surface area contributed by atoms with Gasteiger partial charge in [-0.15, -0.1) is 0 Å². The number of methoxy groups -OCH3 is 1. The van der Waals surface area contributed by atoms with Gasteiger partial charge in [-0.25, -0.2) is 15.0 Å². The van der Waals surface area contributed by atoms with Crippen LogP contribution in [0.1, 0.15) is 16.8 Å². The molecule has 1 aliphatic rings. The molecule has 8 nitrogen and oxygen atoms in total. The molecule has 4 aromatic rings. The van der Waals surface area contributed by atoms with E-state index in [-0.39, 0.29) is 6.61 Å². The molecule has 2 aromatic carbocycles. The molecule has 2 aromatic heterocycles. The van der Waals surface area contributed by atoms with Crippen molar-refractivity contribution in [2.45, 2.75) is 19.6 Å². The van der Waals surface area contributed by atoms with Crippen LogP contribution in [-0.2, 0) is 19.6 Å². The highest BCUT2D eigenvalue weighted by atomic mass is 16.5. The molecule has 168 valence electrons. The molecule has 0 fully saturated rings. The first-order chi connectivity index (χ1) is 16.1. The number of pyridine rings is 1. The van der Waals surface area contributed by atoms with Gasteiger partial charge < -0.3 is 25.4 Å². The number of aromatic nitrogens is 3. The highest BCUT2D eigenvalue weighted by Crippen LogP contribution is 2.33. The molecule has 0 aliphatic carbocycles. The van der Waals surface area contributed by atoms with Crippen LogP contribution in [0, 0.1) is 0 Å². The van der Waals surface area contributed by atoms with Gasteiger partial charge in [-0.05, 0) is 67.1 Å². The largest absolute Gasteiger partial charge is 0.495 e. The minimum Gasteiger partial charge on any atom is -0.495 e. The molecule has 0 saturated heterocycles. The molecule has 0 atom stereocenters. The lowest BCUT2D eigenvalue weighted by molar-refractivity contribution is 0.277. The Morgan fingerprint density at radius 1 is 1.06 bits per heavy atom. The van der Waals surface area contributed by atoms with Gasteiger partial charge in [-0.3, -0.25) is 0 Å². The van der Waals surface area contributed by atoms with E-state index in [0.29, 0.717) is 17.5 Å². The van der Waals surface area contributed by atoms with Gasteiger partial charge in [0.1, 0.15) is 11.6 Å². The van der Waals surface area contributed by atoms with Crippen LogP contribution in [0.25, 0.3) is 10.9 Å². The van der Waals surface area contributed by atoms with Crippen molar-refractivity contribution in [2.75, 3.05) is 31.3 Å². The number of ether oxygens (including phenoxy) is 1. The van der Waals surface area contributed by atoms with Gasteiger partial charge in [0, 0.05) is 30.4 Å². The highest BCUT2D eigenvalue weighted by Gasteiger charge is 2.17. The topological polar surface area (TPSA) is 95.4 Å². The third-order valence-corrected chi connectivity index (χ3v) is 5.80. The maximum Gasteiger partial charge on any atom is 0.227 e. The molecule has 0 bridgehead atoms. The fourth-order valence-corrected chi connectivity index (χ4v) is 4.06. The second-order valence-corrected chi connectivity index (χ2v) is 8.20. The van der Waals surface area contributed by atoms with E-state index in [1.807, 2.05) is 30.3 Å². The molecule has 33 heavy (non-hydrogen) atoms. The maximum atomic E-state index is 9.31. The molecule has 0 unspecified atom stereocenters. The normalized spacial score (nSPS) is 13.5. The number of aliphatic hydroxyl groups excluding tert-OH is 1. The molecular formula is C25H26N6O2. The molecule has 5 rings (SSSR count). The molecule has 0 amide bonds. The average molecular weight is 443 g/mol. The van der Waals surface area contributed by atoms with Crippen LogP contribution in [-0.4, -0.2) is 45.7 Å². The summed E-state index contributed by atoms with van der Waals surface area (Å²) in [5.74, 6) is 1.95. The molecule has 3 heterocycles. The smallest absolute Gasteiger partial charge is 0.227 e. The Balaban J connectivity index is 1.43. The van der Waals surface area contributed by atoms with Gasteiger partial charge in [0.25, 0.3) is 0 Å². The Bertz CT molecular complexity index is 1310. The number of anilines is 4. The van der Waals surface area contributed by atoms with Crippen molar-refractivity contribution in [3.8, 4) is 5.75 Å². The van der Waals surface area contributed by atoms with E-state index >= 15 is 0 Å². The molecule has 0 saturated carbocycles. The number of benzene rings is 2. The summed E-state index contributed by atoms with van der Waals surface area (Å²) >= 11 is 0. The molecule has 8 heteroatoms. The van der Waals surface area contributed by atoms with Crippen LogP contribution < -0.4 is 15.4 Å². The Morgan fingerprint density at radius 3 is 2.82 bits per heavy atom. The Morgan fingerprint density at radius 2 is 1.97 bits per heavy atom. The van der Waals surface area contributed by atoms with E-state index in [4.69, 9.17) is 9.72 Å². The van der Waals surface area contributed by atoms with Crippen LogP contribution in [0.5, 0.6) is 5.75 Å². The third kappa shape index (κ3) is 4.57. The number of aliphatic hydroxyl groups is 1. The molecule has 1 aliphatic heterocycles. The lowest BCUT2D eigenvalue weighted by Crippen LogP contribution is -2.26. The van der Waals surface area contributed by atoms with Crippen LogP contribution >= 0.6 is 0 Å². The van der Waals surface area contributed by atoms with Crippen LogP contribution in [0.4, 0.5) is 23.1 Å². The van der Waals surface area contributed by atoms with Crippen LogP contribution in [0.15, 0.2) is 54.7 Å². The number of nitrogens with one attached hydrogen (secondary N) is 2. The number of nitrogens with zero attached hydrogens (tertiary/aromatic N) is 4. The molecule has 3 N–H and O–H groups in total. The first kappa shape index (κ1) is 21.1. The zero-order valence-electron chi connectivity index (χ0n) is 18.7. The monoisotopic (exact) mass is 442 g/mol. The van der Waals surface area contributed by atoms with E-state index in [0.717, 1.165) is 47.5 Å². The van der Waals surface area contributed by atoms with Gasteiger partial charge >= 0.3 is 0 Å². The second-order valence-electron chi connectivity index (χ2n) is 8.20. The van der Waals surface area contributed by atoms with E-state index in [2.05, 4.69) is 44.7 Å². The van der Waals surface area contributed by atoms with Crippen molar-refractivity contribution in [3.63, 3.8) is 0 Å². The summed E-state index contributed by atoms with van der Waals surface area (Å²) in [5.41, 5.74) is 5.73. The maximum absolute atomic E-state index is 9.31. The number of likely N-dealkylation sites (N-methyl/N-ethyl adjacent to an activating group) is 1. The predicted octanol–water partition coefficient (Wildman–Crippen LogP) is 4.00. The first-order valence-corrected chi connectivity index (χ1v) is 10.9. The van der Waals surface area contributed by atoms with Gasteiger partial charge in [-0.1, -0.05) is 6.07 Å². The van der Waals surface area contributed by atoms with Gasteiger partial charge in [0.2, 0.25) is 5.95 Å². The summed E-state index contributed by atoms with van der Waals surface area (Å²) in [6, 6.07) is 15.6. The first-order valence-electron chi connectivity index (χ1n) is 10.9. The lowest BCUT2D eigenvalue weighted by Gasteiger charge is -2.26. The van der Waals surface area contributed by atoms with E-state index in [1.54, 1.807) is 19.4 Å². The van der Waals surface area contributed by atoms with Crippen molar-refractivity contribution in [1.29, 1.82) is 0 Å².